The molecule has 136 valence electrons. The van der Waals surface area contributed by atoms with Crippen LogP contribution in [-0.2, 0) is 21.3 Å². The topological polar surface area (TPSA) is 81.4 Å². The van der Waals surface area contributed by atoms with Gasteiger partial charge in [0, 0.05) is 46.4 Å². The van der Waals surface area contributed by atoms with Crippen molar-refractivity contribution in [2.75, 3.05) is 30.5 Å². The lowest BCUT2D eigenvalue weighted by molar-refractivity contribution is 0.102. The summed E-state index contributed by atoms with van der Waals surface area (Å²) >= 11 is 0. The predicted molar refractivity (Wildman–Crippen MR) is 106 cm³/mol. The second-order valence-corrected chi connectivity index (χ2v) is 7.09. The van der Waals surface area contributed by atoms with Crippen LogP contribution in [0.25, 0.3) is 0 Å². The number of hydrogen-bond acceptors (Lipinski definition) is 4. The quantitative estimate of drug-likeness (QED) is 0.721. The molecule has 0 aliphatic heterocycles. The molecule has 0 radical (unpaired) electrons. The number of anilines is 2. The second-order valence-electron chi connectivity index (χ2n) is 5.51. The highest BCUT2D eigenvalue weighted by atomic mass is 35.5. The van der Waals surface area contributed by atoms with Crippen molar-refractivity contribution in [1.82, 2.24) is 0 Å². The zero-order valence-electron chi connectivity index (χ0n) is 14.3. The van der Waals surface area contributed by atoms with Crippen molar-refractivity contribution in [3.05, 3.63) is 59.2 Å². The number of amides is 1. The van der Waals surface area contributed by atoms with Crippen molar-refractivity contribution >= 4 is 40.5 Å². The van der Waals surface area contributed by atoms with E-state index >= 15 is 0 Å². The third-order valence-electron chi connectivity index (χ3n) is 3.53. The van der Waals surface area contributed by atoms with Crippen LogP contribution in [0.1, 0.15) is 21.5 Å². The van der Waals surface area contributed by atoms with Gasteiger partial charge >= 0.3 is 0 Å². The average molecular weight is 383 g/mol. The highest BCUT2D eigenvalue weighted by Gasteiger charge is 2.10. The standard InChI is InChI=1S/C18H22N2O3S.ClH/c1-13-6-7-15(19)11-17(13)18(21)20-16-5-3-4-14(10-16)12-24(22)9-8-23-2;/h3-7,10-11H,8-9,12,19H2,1-2H3,(H,20,21);1H. The summed E-state index contributed by atoms with van der Waals surface area (Å²) in [5.74, 6) is 0.720. The maximum absolute atomic E-state index is 12.4. The van der Waals surface area contributed by atoms with E-state index in [4.69, 9.17) is 10.5 Å². The van der Waals surface area contributed by atoms with Gasteiger partial charge in [0.15, 0.2) is 0 Å². The Morgan fingerprint density at radius 1 is 1.24 bits per heavy atom. The van der Waals surface area contributed by atoms with E-state index in [1.807, 2.05) is 31.2 Å². The highest BCUT2D eigenvalue weighted by molar-refractivity contribution is 7.84. The van der Waals surface area contributed by atoms with Crippen LogP contribution < -0.4 is 11.1 Å². The van der Waals surface area contributed by atoms with E-state index in [1.165, 1.54) is 0 Å². The Morgan fingerprint density at radius 2 is 2.00 bits per heavy atom. The van der Waals surface area contributed by atoms with Crippen LogP contribution in [0, 0.1) is 6.92 Å². The zero-order valence-corrected chi connectivity index (χ0v) is 15.9. The first-order valence-corrected chi connectivity index (χ1v) is 9.08. The minimum atomic E-state index is -0.989. The molecule has 1 unspecified atom stereocenters. The molecule has 0 heterocycles. The summed E-state index contributed by atoms with van der Waals surface area (Å²) in [6, 6.07) is 12.6. The molecular formula is C18H23ClN2O3S. The van der Waals surface area contributed by atoms with Crippen LogP contribution >= 0.6 is 12.4 Å². The minimum absolute atomic E-state index is 0. The summed E-state index contributed by atoms with van der Waals surface area (Å²) in [5.41, 5.74) is 9.29. The van der Waals surface area contributed by atoms with Gasteiger partial charge in [0.2, 0.25) is 0 Å². The van der Waals surface area contributed by atoms with Crippen molar-refractivity contribution in [2.24, 2.45) is 0 Å². The van der Waals surface area contributed by atoms with Crippen LogP contribution in [0.4, 0.5) is 11.4 Å². The number of nitrogens with two attached hydrogens (primary N) is 1. The van der Waals surface area contributed by atoms with Crippen LogP contribution in [0.3, 0.4) is 0 Å². The molecule has 0 fully saturated rings. The van der Waals surface area contributed by atoms with Crippen LogP contribution in [0.2, 0.25) is 0 Å². The van der Waals surface area contributed by atoms with Crippen molar-refractivity contribution in [3.8, 4) is 0 Å². The molecule has 1 amide bonds. The zero-order chi connectivity index (χ0) is 17.5. The fourth-order valence-corrected chi connectivity index (χ4v) is 3.30. The van der Waals surface area contributed by atoms with Gasteiger partial charge in [-0.3, -0.25) is 9.00 Å². The first-order chi connectivity index (χ1) is 11.5. The van der Waals surface area contributed by atoms with E-state index < -0.39 is 10.8 Å². The molecule has 7 heteroatoms. The lowest BCUT2D eigenvalue weighted by Crippen LogP contribution is -2.14. The van der Waals surface area contributed by atoms with E-state index in [-0.39, 0.29) is 18.3 Å². The number of hydrogen-bond donors (Lipinski definition) is 2. The smallest absolute Gasteiger partial charge is 0.256 e. The van der Waals surface area contributed by atoms with Gasteiger partial charge < -0.3 is 15.8 Å². The molecular weight excluding hydrogens is 360 g/mol. The number of carbonyl (C=O) groups excluding carboxylic acids is 1. The molecule has 2 rings (SSSR count). The van der Waals surface area contributed by atoms with Crippen LogP contribution in [-0.4, -0.2) is 29.6 Å². The highest BCUT2D eigenvalue weighted by Crippen LogP contribution is 2.17. The fourth-order valence-electron chi connectivity index (χ4n) is 2.26. The van der Waals surface area contributed by atoms with Crippen LogP contribution in [0.5, 0.6) is 0 Å². The Bertz CT molecular complexity index is 753. The third kappa shape index (κ3) is 6.49. The van der Waals surface area contributed by atoms with Crippen molar-refractivity contribution < 1.29 is 13.7 Å². The van der Waals surface area contributed by atoms with Crippen molar-refractivity contribution in [2.45, 2.75) is 12.7 Å². The number of rotatable bonds is 7. The van der Waals surface area contributed by atoms with Gasteiger partial charge in [-0.15, -0.1) is 12.4 Å². The van der Waals surface area contributed by atoms with Crippen molar-refractivity contribution in [3.63, 3.8) is 0 Å². The Hall–Kier alpha value is -1.89. The SMILES string of the molecule is COCCS(=O)Cc1cccc(NC(=O)c2cc(N)ccc2C)c1.Cl. The van der Waals surface area contributed by atoms with Gasteiger partial charge in [0.1, 0.15) is 0 Å². The number of benzene rings is 2. The molecule has 25 heavy (non-hydrogen) atoms. The summed E-state index contributed by atoms with van der Waals surface area (Å²) in [6.45, 7) is 2.33. The Kier molecular flexibility index (Phi) is 8.61. The van der Waals surface area contributed by atoms with Crippen LogP contribution in [0.15, 0.2) is 42.5 Å². The van der Waals surface area contributed by atoms with E-state index in [1.54, 1.807) is 25.3 Å². The molecule has 0 aliphatic rings. The fraction of sp³-hybridized carbons (Fsp3) is 0.278. The largest absolute Gasteiger partial charge is 0.399 e. The lowest BCUT2D eigenvalue weighted by atomic mass is 10.1. The maximum Gasteiger partial charge on any atom is 0.256 e. The summed E-state index contributed by atoms with van der Waals surface area (Å²) in [7, 11) is 0.600. The van der Waals surface area contributed by atoms with Gasteiger partial charge in [-0.05, 0) is 42.3 Å². The Labute approximate surface area is 156 Å². The number of halogens is 1. The Balaban J connectivity index is 0.00000312. The third-order valence-corrected chi connectivity index (χ3v) is 4.81. The Morgan fingerprint density at radius 3 is 2.72 bits per heavy atom. The first kappa shape index (κ1) is 21.2. The molecule has 0 saturated heterocycles. The number of nitrogens with one attached hydrogen (secondary N) is 1. The van der Waals surface area contributed by atoms with E-state index in [0.717, 1.165) is 11.1 Å². The maximum atomic E-state index is 12.4. The summed E-state index contributed by atoms with van der Waals surface area (Å²) < 4.78 is 16.9. The van der Waals surface area contributed by atoms with Gasteiger partial charge in [-0.25, -0.2) is 0 Å². The number of aryl methyl sites for hydroxylation is 1. The monoisotopic (exact) mass is 382 g/mol. The summed E-state index contributed by atoms with van der Waals surface area (Å²) in [5, 5.41) is 2.86. The number of carbonyl (C=O) groups is 1. The lowest BCUT2D eigenvalue weighted by Gasteiger charge is -2.10. The van der Waals surface area contributed by atoms with Gasteiger partial charge in [-0.2, -0.15) is 0 Å². The summed E-state index contributed by atoms with van der Waals surface area (Å²) in [6.07, 6.45) is 0. The molecule has 0 spiro atoms. The van der Waals surface area contributed by atoms with Gasteiger partial charge in [-0.1, -0.05) is 18.2 Å². The molecule has 0 aromatic heterocycles. The molecule has 2 aromatic carbocycles. The molecule has 0 saturated carbocycles. The van der Waals surface area contributed by atoms with E-state index in [2.05, 4.69) is 5.32 Å². The minimum Gasteiger partial charge on any atom is -0.399 e. The van der Waals surface area contributed by atoms with E-state index in [9.17, 15) is 9.00 Å². The van der Waals surface area contributed by atoms with E-state index in [0.29, 0.717) is 35.1 Å². The average Bonchev–Trinajstić information content (AvgIpc) is 2.55. The van der Waals surface area contributed by atoms with Gasteiger partial charge in [0.25, 0.3) is 5.91 Å². The first-order valence-electron chi connectivity index (χ1n) is 7.60. The van der Waals surface area contributed by atoms with Crippen molar-refractivity contribution in [1.29, 1.82) is 0 Å². The molecule has 2 aromatic rings. The number of nitrogen functional groups attached to an aromatic ring is 1. The molecule has 5 nitrogen and oxygen atoms in total. The molecule has 3 N–H and O–H groups in total. The second kappa shape index (κ2) is 10.2. The molecule has 1 atom stereocenters. The number of methoxy groups -OCH3 is 1. The summed E-state index contributed by atoms with van der Waals surface area (Å²) in [4.78, 5) is 12.4. The normalized spacial score (nSPS) is 11.4. The number of ether oxygens (including phenoxy) is 1. The molecule has 0 aliphatic carbocycles. The predicted octanol–water partition coefficient (Wildman–Crippen LogP) is 3.15. The van der Waals surface area contributed by atoms with Gasteiger partial charge in [0.05, 0.1) is 6.61 Å². The molecule has 0 bridgehead atoms.